The monoisotopic (exact) mass is 490 g/mol. The molecule has 1 atom stereocenters. The molecule has 1 N–H and O–H groups in total. The number of carbonyl (C=O) groups is 2. The van der Waals surface area contributed by atoms with Crippen LogP contribution >= 0.6 is 11.6 Å². The number of nitrogens with zero attached hydrogens (tertiary/aromatic N) is 2. The van der Waals surface area contributed by atoms with E-state index in [0.717, 1.165) is 16.7 Å². The van der Waals surface area contributed by atoms with E-state index in [1.54, 1.807) is 49.7 Å². The Bertz CT molecular complexity index is 1350. The van der Waals surface area contributed by atoms with E-state index in [1.165, 1.54) is 4.90 Å². The summed E-state index contributed by atoms with van der Waals surface area (Å²) in [6.07, 6.45) is 1.60. The highest BCUT2D eigenvalue weighted by Crippen LogP contribution is 2.44. The van der Waals surface area contributed by atoms with Crippen molar-refractivity contribution in [1.82, 2.24) is 4.98 Å². The summed E-state index contributed by atoms with van der Waals surface area (Å²) in [6.45, 7) is 7.69. The van der Waals surface area contributed by atoms with Gasteiger partial charge in [-0.2, -0.15) is 0 Å². The first-order valence-electron chi connectivity index (χ1n) is 11.3. The van der Waals surface area contributed by atoms with Crippen LogP contribution in [0, 0.1) is 13.8 Å². The fourth-order valence-electron chi connectivity index (χ4n) is 4.51. The fourth-order valence-corrected chi connectivity index (χ4v) is 4.74. The van der Waals surface area contributed by atoms with E-state index < -0.39 is 17.7 Å². The molecule has 2 heterocycles. The molecule has 35 heavy (non-hydrogen) atoms. The quantitative estimate of drug-likeness (QED) is 0.265. The van der Waals surface area contributed by atoms with Gasteiger partial charge in [0, 0.05) is 22.5 Å². The van der Waals surface area contributed by atoms with Crippen molar-refractivity contribution in [3.8, 4) is 5.75 Å². The molecule has 180 valence electrons. The average molecular weight is 491 g/mol. The molecule has 1 aromatic heterocycles. The number of benzene rings is 2. The number of aromatic nitrogens is 1. The van der Waals surface area contributed by atoms with Crippen LogP contribution < -0.4 is 9.64 Å². The molecule has 0 aliphatic carbocycles. The lowest BCUT2D eigenvalue weighted by molar-refractivity contribution is -0.132. The summed E-state index contributed by atoms with van der Waals surface area (Å²) in [7, 11) is 1.60. The van der Waals surface area contributed by atoms with Gasteiger partial charge in [-0.15, -0.1) is 0 Å². The number of pyridine rings is 1. The number of aryl methyl sites for hydroxylation is 2. The molecule has 1 unspecified atom stereocenters. The van der Waals surface area contributed by atoms with E-state index in [0.29, 0.717) is 27.7 Å². The van der Waals surface area contributed by atoms with Crippen LogP contribution in [0.25, 0.3) is 5.76 Å². The maximum absolute atomic E-state index is 13.4. The van der Waals surface area contributed by atoms with Gasteiger partial charge in [0.2, 0.25) is 0 Å². The van der Waals surface area contributed by atoms with Gasteiger partial charge in [-0.1, -0.05) is 31.5 Å². The number of ketones is 1. The predicted octanol–water partition coefficient (Wildman–Crippen LogP) is 6.11. The normalized spacial score (nSPS) is 17.3. The number of carbonyl (C=O) groups excluding carboxylic acids is 2. The minimum Gasteiger partial charge on any atom is -0.507 e. The minimum absolute atomic E-state index is 0.00831. The first kappa shape index (κ1) is 24.5. The molecule has 0 spiro atoms. The summed E-state index contributed by atoms with van der Waals surface area (Å²) in [5.41, 5.74) is 3.79. The van der Waals surface area contributed by atoms with Crippen molar-refractivity contribution in [3.63, 3.8) is 0 Å². The zero-order valence-electron chi connectivity index (χ0n) is 20.3. The average Bonchev–Trinajstić information content (AvgIpc) is 3.09. The zero-order valence-corrected chi connectivity index (χ0v) is 21.1. The second-order valence-electron chi connectivity index (χ2n) is 8.92. The van der Waals surface area contributed by atoms with Gasteiger partial charge in [0.1, 0.15) is 17.6 Å². The van der Waals surface area contributed by atoms with Crippen LogP contribution in [0.5, 0.6) is 5.75 Å². The van der Waals surface area contributed by atoms with Crippen molar-refractivity contribution in [2.24, 2.45) is 0 Å². The molecule has 1 fully saturated rings. The molecule has 7 heteroatoms. The lowest BCUT2D eigenvalue weighted by atomic mass is 9.92. The Morgan fingerprint density at radius 3 is 2.43 bits per heavy atom. The van der Waals surface area contributed by atoms with Crippen molar-refractivity contribution < 1.29 is 19.4 Å². The summed E-state index contributed by atoms with van der Waals surface area (Å²) in [5.74, 6) is -0.928. The van der Waals surface area contributed by atoms with Crippen LogP contribution in [0.4, 0.5) is 5.69 Å². The fraction of sp³-hybridized carbons (Fsp3) is 0.250. The van der Waals surface area contributed by atoms with Gasteiger partial charge >= 0.3 is 0 Å². The lowest BCUT2D eigenvalue weighted by Gasteiger charge is -2.26. The van der Waals surface area contributed by atoms with Gasteiger partial charge in [0.05, 0.1) is 18.4 Å². The molecule has 3 aromatic rings. The van der Waals surface area contributed by atoms with Crippen LogP contribution in [-0.2, 0) is 9.59 Å². The van der Waals surface area contributed by atoms with Crippen molar-refractivity contribution in [3.05, 3.63) is 93.3 Å². The number of halogens is 1. The summed E-state index contributed by atoms with van der Waals surface area (Å²) < 4.78 is 5.53. The molecule has 4 rings (SSSR count). The Labute approximate surface area is 209 Å². The predicted molar refractivity (Wildman–Crippen MR) is 137 cm³/mol. The number of aliphatic hydroxyl groups is 1. The van der Waals surface area contributed by atoms with Crippen LogP contribution in [0.2, 0.25) is 5.02 Å². The number of hydrogen-bond donors (Lipinski definition) is 1. The Morgan fingerprint density at radius 2 is 1.83 bits per heavy atom. The number of Topliss-reactive ketones (excluding diaryl/α,β-unsaturated/α-hetero) is 1. The molecule has 1 aliphatic heterocycles. The second kappa shape index (κ2) is 9.55. The number of aliphatic hydroxyl groups excluding tert-OH is 1. The Balaban J connectivity index is 1.99. The van der Waals surface area contributed by atoms with Crippen molar-refractivity contribution >= 4 is 34.7 Å². The second-order valence-corrected chi connectivity index (χ2v) is 9.35. The maximum Gasteiger partial charge on any atom is 0.300 e. The van der Waals surface area contributed by atoms with E-state index in [9.17, 15) is 14.7 Å². The van der Waals surface area contributed by atoms with E-state index in [1.807, 2.05) is 39.8 Å². The number of amides is 1. The van der Waals surface area contributed by atoms with E-state index in [2.05, 4.69) is 4.98 Å². The number of rotatable bonds is 5. The van der Waals surface area contributed by atoms with Crippen LogP contribution in [0.15, 0.2) is 60.3 Å². The highest BCUT2D eigenvalue weighted by molar-refractivity contribution is 6.51. The Kier molecular flexibility index (Phi) is 6.68. The smallest absolute Gasteiger partial charge is 0.300 e. The van der Waals surface area contributed by atoms with Crippen molar-refractivity contribution in [2.45, 2.75) is 39.7 Å². The van der Waals surface area contributed by atoms with Gasteiger partial charge in [-0.05, 0) is 78.9 Å². The number of methoxy groups -OCH3 is 1. The van der Waals surface area contributed by atoms with Gasteiger partial charge in [-0.25, -0.2) is 0 Å². The van der Waals surface area contributed by atoms with Gasteiger partial charge < -0.3 is 9.84 Å². The van der Waals surface area contributed by atoms with Crippen LogP contribution in [-0.4, -0.2) is 28.9 Å². The summed E-state index contributed by atoms with van der Waals surface area (Å²) in [4.78, 5) is 32.6. The Hall–Kier alpha value is -3.64. The molecular weight excluding hydrogens is 464 g/mol. The minimum atomic E-state index is -0.903. The topological polar surface area (TPSA) is 79.7 Å². The van der Waals surface area contributed by atoms with Gasteiger partial charge in [0.25, 0.3) is 11.7 Å². The highest BCUT2D eigenvalue weighted by atomic mass is 35.5. The first-order chi connectivity index (χ1) is 16.6. The Morgan fingerprint density at radius 1 is 1.09 bits per heavy atom. The van der Waals surface area contributed by atoms with Gasteiger partial charge in [-0.3, -0.25) is 19.5 Å². The lowest BCUT2D eigenvalue weighted by Crippen LogP contribution is -2.30. The zero-order chi connectivity index (χ0) is 25.4. The number of anilines is 1. The number of hydrogen-bond acceptors (Lipinski definition) is 5. The van der Waals surface area contributed by atoms with E-state index in [4.69, 9.17) is 16.3 Å². The first-order valence-corrected chi connectivity index (χ1v) is 11.7. The van der Waals surface area contributed by atoms with E-state index in [-0.39, 0.29) is 17.3 Å². The van der Waals surface area contributed by atoms with Gasteiger partial charge in [0.15, 0.2) is 0 Å². The SMILES string of the molecule is COc1cc(C)c(/C(O)=C2\C(=O)C(=O)N(c3ccc(Cl)cc3C)C2c2ccccn2)cc1C(C)C. The molecule has 6 nitrogen and oxygen atoms in total. The third-order valence-corrected chi connectivity index (χ3v) is 6.52. The third-order valence-electron chi connectivity index (χ3n) is 6.28. The van der Waals surface area contributed by atoms with Crippen LogP contribution in [0.3, 0.4) is 0 Å². The molecule has 1 saturated heterocycles. The third kappa shape index (κ3) is 4.30. The summed E-state index contributed by atoms with van der Waals surface area (Å²) >= 11 is 6.14. The molecular formula is C28H27ClN2O4. The molecule has 0 saturated carbocycles. The molecule has 2 aromatic carbocycles. The largest absolute Gasteiger partial charge is 0.507 e. The number of ether oxygens (including phenoxy) is 1. The standard InChI is InChI=1S/C28H27ClN2O4/c1-15(2)19-14-20(16(3)13-23(19)35-5)26(32)24-25(21-8-6-7-11-30-21)31(28(34)27(24)33)22-10-9-18(29)12-17(22)4/h6-15,25,32H,1-5H3/b26-24+. The highest BCUT2D eigenvalue weighted by Gasteiger charge is 2.48. The van der Waals surface area contributed by atoms with Crippen LogP contribution in [0.1, 0.15) is 53.8 Å². The van der Waals surface area contributed by atoms with Crippen molar-refractivity contribution in [2.75, 3.05) is 12.0 Å². The molecule has 1 aliphatic rings. The van der Waals surface area contributed by atoms with Crippen molar-refractivity contribution in [1.29, 1.82) is 0 Å². The molecule has 0 radical (unpaired) electrons. The molecule has 1 amide bonds. The van der Waals surface area contributed by atoms with E-state index >= 15 is 0 Å². The maximum atomic E-state index is 13.4. The summed E-state index contributed by atoms with van der Waals surface area (Å²) in [6, 6.07) is 13.1. The summed E-state index contributed by atoms with van der Waals surface area (Å²) in [5, 5.41) is 12.1. The molecule has 0 bridgehead atoms.